The van der Waals surface area contributed by atoms with E-state index in [0.29, 0.717) is 5.92 Å². The first kappa shape index (κ1) is 30.3. The third-order valence-electron chi connectivity index (χ3n) is 6.23. The summed E-state index contributed by atoms with van der Waals surface area (Å²) >= 11 is 0. The summed E-state index contributed by atoms with van der Waals surface area (Å²) in [7, 11) is 0. The maximum absolute atomic E-state index is 10.6. The van der Waals surface area contributed by atoms with Gasteiger partial charge in [0.15, 0.2) is 0 Å². The molecule has 0 aromatic heterocycles. The van der Waals surface area contributed by atoms with Crippen molar-refractivity contribution in [3.63, 3.8) is 0 Å². The first-order valence-electron chi connectivity index (χ1n) is 12.9. The molecule has 2 rings (SSSR count). The van der Waals surface area contributed by atoms with Gasteiger partial charge in [0, 0.05) is 0 Å². The van der Waals surface area contributed by atoms with Crippen molar-refractivity contribution < 1.29 is 14.3 Å². The average Bonchev–Trinajstić information content (AvgIpc) is 3.04. The van der Waals surface area contributed by atoms with E-state index in [1.165, 1.54) is 76.2 Å². The summed E-state index contributed by atoms with van der Waals surface area (Å²) in [4.78, 5) is 21.1. The number of unbranched alkanes of at least 4 members (excludes halogenated alkanes) is 9. The molecule has 1 fully saturated rings. The average molecular weight is 448 g/mol. The van der Waals surface area contributed by atoms with Gasteiger partial charge in [-0.15, -0.1) is 0 Å². The number of hydrogen-bond donors (Lipinski definition) is 1. The summed E-state index contributed by atoms with van der Waals surface area (Å²) in [5.41, 5.74) is 6.87. The molecule has 0 unspecified atom stereocenters. The van der Waals surface area contributed by atoms with Gasteiger partial charge in [0.1, 0.15) is 0 Å². The fourth-order valence-corrected chi connectivity index (χ4v) is 3.34. The van der Waals surface area contributed by atoms with Crippen LogP contribution in [0.4, 0.5) is 0 Å². The molecule has 1 heterocycles. The molecule has 4 nitrogen and oxygen atoms in total. The number of nitrogens with two attached hydrogens (primary N) is 1. The molecule has 184 valence electrons. The monoisotopic (exact) mass is 447 g/mol. The predicted octanol–water partition coefficient (Wildman–Crippen LogP) is 7.41. The molecule has 2 N–H and O–H groups in total. The zero-order valence-corrected chi connectivity index (χ0v) is 21.4. The van der Waals surface area contributed by atoms with Crippen LogP contribution >= 0.6 is 0 Å². The van der Waals surface area contributed by atoms with Crippen LogP contribution in [0.1, 0.15) is 117 Å². The zero-order chi connectivity index (χ0) is 24.2. The molecule has 0 spiro atoms. The van der Waals surface area contributed by atoms with Gasteiger partial charge in [-0.3, -0.25) is 9.59 Å². The lowest BCUT2D eigenvalue weighted by atomic mass is 9.99. The summed E-state index contributed by atoms with van der Waals surface area (Å²) in [5.74, 6) is -0.587. The number of rotatable bonds is 12. The quantitative estimate of drug-likeness (QED) is 0.206. The number of carbonyl (C=O) groups excluding carboxylic acids is 2. The van der Waals surface area contributed by atoms with E-state index < -0.39 is 11.9 Å². The van der Waals surface area contributed by atoms with Crippen LogP contribution in [0.15, 0.2) is 30.3 Å². The van der Waals surface area contributed by atoms with Crippen molar-refractivity contribution in [2.75, 3.05) is 6.54 Å². The first-order valence-corrected chi connectivity index (χ1v) is 12.9. The van der Waals surface area contributed by atoms with E-state index in [9.17, 15) is 9.59 Å². The molecular formula is C28H49NO3. The van der Waals surface area contributed by atoms with Crippen molar-refractivity contribution in [1.29, 1.82) is 0 Å². The van der Waals surface area contributed by atoms with Gasteiger partial charge in [0.25, 0.3) is 0 Å². The lowest BCUT2D eigenvalue weighted by Crippen LogP contribution is -2.09. The van der Waals surface area contributed by atoms with Crippen molar-refractivity contribution in [1.82, 2.24) is 0 Å². The lowest BCUT2D eigenvalue weighted by Gasteiger charge is -2.06. The first-order chi connectivity index (χ1) is 15.4. The topological polar surface area (TPSA) is 69.4 Å². The van der Waals surface area contributed by atoms with Gasteiger partial charge >= 0.3 is 11.9 Å². The van der Waals surface area contributed by atoms with E-state index >= 15 is 0 Å². The molecule has 1 aromatic carbocycles. The predicted molar refractivity (Wildman–Crippen MR) is 135 cm³/mol. The Balaban J connectivity index is 0.000000458. The third-order valence-corrected chi connectivity index (χ3v) is 6.23. The Labute approximate surface area is 197 Å². The summed E-state index contributed by atoms with van der Waals surface area (Å²) in [6, 6.07) is 10.6. The molecule has 0 amide bonds. The van der Waals surface area contributed by atoms with Gasteiger partial charge in [-0.1, -0.05) is 123 Å². The summed E-state index contributed by atoms with van der Waals surface area (Å²) in [6.07, 6.45) is 15.2. The molecule has 1 saturated heterocycles. The van der Waals surface area contributed by atoms with Gasteiger partial charge in [0.05, 0.1) is 11.8 Å². The van der Waals surface area contributed by atoms with Crippen molar-refractivity contribution in [2.45, 2.75) is 111 Å². The van der Waals surface area contributed by atoms with Crippen LogP contribution in [0, 0.1) is 11.8 Å². The molecule has 1 aliphatic heterocycles. The fourth-order valence-electron chi connectivity index (χ4n) is 3.34. The van der Waals surface area contributed by atoms with E-state index in [1.807, 2.05) is 0 Å². The highest BCUT2D eigenvalue weighted by atomic mass is 16.6. The molecular weight excluding hydrogens is 398 g/mol. The third kappa shape index (κ3) is 14.4. The van der Waals surface area contributed by atoms with Gasteiger partial charge in [-0.05, 0) is 30.9 Å². The molecule has 4 heteroatoms. The Bertz CT molecular complexity index is 560. The molecule has 1 aliphatic rings. The standard InChI is InChI=1S/C12H27N.C10H14.C6H8O3/c1-2-3-4-5-6-7-8-9-10-11-12-13;1-3-9(2)10-7-5-4-6-8-10;1-3-4(2)6(8)9-5(3)7/h2-13H2,1H3;4-9H,3H2,1-2H3;3-4H,1-2H3/t;9-;3-,4+/m.1./s1. The summed E-state index contributed by atoms with van der Waals surface area (Å²) in [6.45, 7) is 11.0. The Hall–Kier alpha value is -1.68. The number of hydrogen-bond acceptors (Lipinski definition) is 4. The lowest BCUT2D eigenvalue weighted by molar-refractivity contribution is -0.153. The second kappa shape index (κ2) is 20.0. The molecule has 0 bridgehead atoms. The van der Waals surface area contributed by atoms with E-state index in [-0.39, 0.29) is 11.8 Å². The highest BCUT2D eigenvalue weighted by molar-refractivity contribution is 5.95. The van der Waals surface area contributed by atoms with Crippen molar-refractivity contribution in [2.24, 2.45) is 17.6 Å². The van der Waals surface area contributed by atoms with E-state index in [0.717, 1.165) is 6.54 Å². The van der Waals surface area contributed by atoms with Crippen LogP contribution in [0.3, 0.4) is 0 Å². The maximum Gasteiger partial charge on any atom is 0.317 e. The van der Waals surface area contributed by atoms with Crippen molar-refractivity contribution >= 4 is 11.9 Å². The van der Waals surface area contributed by atoms with Crippen molar-refractivity contribution in [3.05, 3.63) is 35.9 Å². The minimum absolute atomic E-state index is 0.252. The minimum atomic E-state index is -0.396. The van der Waals surface area contributed by atoms with Gasteiger partial charge < -0.3 is 10.5 Å². The van der Waals surface area contributed by atoms with E-state index in [2.05, 4.69) is 55.8 Å². The Morgan fingerprint density at radius 3 is 1.56 bits per heavy atom. The van der Waals surface area contributed by atoms with Gasteiger partial charge in [0.2, 0.25) is 0 Å². The number of ether oxygens (including phenoxy) is 1. The number of cyclic esters (lactones) is 2. The molecule has 1 aromatic rings. The smallest absolute Gasteiger partial charge is 0.317 e. The Morgan fingerprint density at radius 2 is 1.22 bits per heavy atom. The van der Waals surface area contributed by atoms with Crippen LogP contribution in [0.2, 0.25) is 0 Å². The summed E-state index contributed by atoms with van der Waals surface area (Å²) < 4.78 is 4.31. The zero-order valence-electron chi connectivity index (χ0n) is 21.4. The summed E-state index contributed by atoms with van der Waals surface area (Å²) in [5, 5.41) is 0. The van der Waals surface area contributed by atoms with E-state index in [1.54, 1.807) is 13.8 Å². The normalized spacial score (nSPS) is 18.2. The van der Waals surface area contributed by atoms with E-state index in [4.69, 9.17) is 5.73 Å². The molecule has 3 atom stereocenters. The largest absolute Gasteiger partial charge is 0.393 e. The minimum Gasteiger partial charge on any atom is -0.393 e. The molecule has 32 heavy (non-hydrogen) atoms. The molecule has 0 aliphatic carbocycles. The molecule has 0 saturated carbocycles. The van der Waals surface area contributed by atoms with Crippen LogP contribution in [-0.4, -0.2) is 18.5 Å². The van der Waals surface area contributed by atoms with Gasteiger partial charge in [-0.2, -0.15) is 0 Å². The number of esters is 2. The number of carbonyl (C=O) groups is 2. The number of benzene rings is 1. The van der Waals surface area contributed by atoms with Crippen LogP contribution < -0.4 is 5.73 Å². The van der Waals surface area contributed by atoms with Crippen LogP contribution in [0.25, 0.3) is 0 Å². The SMILES string of the molecule is CCCCCCCCCCCCN.CC[C@@H](C)c1ccccc1.C[C@@H]1C(=O)OC(=O)[C@@H]1C. The Morgan fingerprint density at radius 1 is 0.781 bits per heavy atom. The Kier molecular flexibility index (Phi) is 18.9. The highest BCUT2D eigenvalue weighted by Crippen LogP contribution is 2.21. The van der Waals surface area contributed by atoms with Crippen LogP contribution in [-0.2, 0) is 14.3 Å². The molecule has 0 radical (unpaired) electrons. The maximum atomic E-state index is 10.6. The highest BCUT2D eigenvalue weighted by Gasteiger charge is 2.37. The van der Waals surface area contributed by atoms with Gasteiger partial charge in [-0.25, -0.2) is 0 Å². The second-order valence-electron chi connectivity index (χ2n) is 9.01. The van der Waals surface area contributed by atoms with Crippen molar-refractivity contribution in [3.8, 4) is 0 Å². The second-order valence-corrected chi connectivity index (χ2v) is 9.01. The fraction of sp³-hybridized carbons (Fsp3) is 0.714. The van der Waals surface area contributed by atoms with Crippen LogP contribution in [0.5, 0.6) is 0 Å².